The Bertz CT molecular complexity index is 765. The number of ether oxygens (including phenoxy) is 1. The summed E-state index contributed by atoms with van der Waals surface area (Å²) in [5.41, 5.74) is 9.74. The number of aliphatic hydroxyl groups excluding tert-OH is 3. The van der Waals surface area contributed by atoms with Gasteiger partial charge >= 0.3 is 0 Å². The molecule has 0 spiro atoms. The van der Waals surface area contributed by atoms with Crippen LogP contribution in [0.2, 0.25) is 0 Å². The quantitative estimate of drug-likeness (QED) is 0.394. The molecular weight excluding hydrogens is 308 g/mol. The molecule has 1 aliphatic rings. The van der Waals surface area contributed by atoms with Crippen molar-refractivity contribution in [2.75, 3.05) is 5.73 Å². The highest BCUT2D eigenvalue weighted by Gasteiger charge is 2.56. The normalized spacial score (nSPS) is 32.3. The third kappa shape index (κ3) is 2.13. The lowest BCUT2D eigenvalue weighted by Gasteiger charge is -2.29. The van der Waals surface area contributed by atoms with Crippen LogP contribution in [-0.4, -0.2) is 65.2 Å². The Morgan fingerprint density at radius 2 is 2.13 bits per heavy atom. The lowest BCUT2D eigenvalue weighted by Crippen LogP contribution is -2.45. The molecule has 0 radical (unpaired) electrons. The molecule has 1 fully saturated rings. The minimum Gasteiger partial charge on any atom is -0.387 e. The van der Waals surface area contributed by atoms with Gasteiger partial charge in [0.25, 0.3) is 0 Å². The number of amides is 1. The van der Waals surface area contributed by atoms with Crippen molar-refractivity contribution in [1.29, 1.82) is 0 Å². The Morgan fingerprint density at radius 1 is 1.43 bits per heavy atom. The first-order valence-electron chi connectivity index (χ1n) is 6.72. The molecule has 7 N–H and O–H groups in total. The van der Waals surface area contributed by atoms with Crippen LogP contribution in [0.5, 0.6) is 0 Å². The summed E-state index contributed by atoms with van der Waals surface area (Å²) in [5, 5.41) is 30.2. The van der Waals surface area contributed by atoms with Crippen LogP contribution in [0.4, 0.5) is 5.82 Å². The minimum atomic E-state index is -1.78. The molecular formula is C12H16N6O5. The van der Waals surface area contributed by atoms with Crippen LogP contribution >= 0.6 is 0 Å². The minimum absolute atomic E-state index is 0.138. The Balaban J connectivity index is 2.07. The molecule has 11 heteroatoms. The van der Waals surface area contributed by atoms with Gasteiger partial charge in [0, 0.05) is 0 Å². The number of nitrogens with two attached hydrogens (primary N) is 2. The van der Waals surface area contributed by atoms with Crippen molar-refractivity contribution in [2.45, 2.75) is 37.1 Å². The number of rotatable bonds is 3. The molecule has 3 heterocycles. The van der Waals surface area contributed by atoms with Crippen molar-refractivity contribution >= 4 is 22.9 Å². The monoisotopic (exact) mass is 324 g/mol. The van der Waals surface area contributed by atoms with Crippen LogP contribution in [0.3, 0.4) is 0 Å². The fraction of sp³-hybridized carbons (Fsp3) is 0.500. The predicted octanol–water partition coefficient (Wildman–Crippen LogP) is -2.95. The Labute approximate surface area is 129 Å². The Morgan fingerprint density at radius 3 is 2.78 bits per heavy atom. The molecule has 23 heavy (non-hydrogen) atoms. The zero-order valence-electron chi connectivity index (χ0n) is 12.1. The zero-order chi connectivity index (χ0) is 16.9. The van der Waals surface area contributed by atoms with Gasteiger partial charge in [0.15, 0.2) is 23.3 Å². The summed E-state index contributed by atoms with van der Waals surface area (Å²) in [5.74, 6) is -0.938. The Hall–Kier alpha value is -2.34. The molecule has 0 bridgehead atoms. The van der Waals surface area contributed by atoms with E-state index >= 15 is 0 Å². The van der Waals surface area contributed by atoms with Gasteiger partial charge in [0.2, 0.25) is 5.91 Å². The Kier molecular flexibility index (Phi) is 3.44. The average Bonchev–Trinajstić information content (AvgIpc) is 3.04. The number of carbonyl (C=O) groups excluding carboxylic acids is 1. The van der Waals surface area contributed by atoms with E-state index in [-0.39, 0.29) is 17.0 Å². The number of hydrogen-bond donors (Lipinski definition) is 5. The molecule has 0 aromatic carbocycles. The van der Waals surface area contributed by atoms with Gasteiger partial charge in [-0.1, -0.05) is 0 Å². The van der Waals surface area contributed by atoms with Gasteiger partial charge in [-0.2, -0.15) is 0 Å². The lowest BCUT2D eigenvalue weighted by molar-refractivity contribution is -0.158. The second-order valence-electron chi connectivity index (χ2n) is 5.47. The van der Waals surface area contributed by atoms with Gasteiger partial charge in [-0.15, -0.1) is 0 Å². The maximum atomic E-state index is 11.1. The number of carbonyl (C=O) groups is 1. The number of primary amides is 1. The van der Waals surface area contributed by atoms with Crippen molar-refractivity contribution in [3.05, 3.63) is 12.7 Å². The van der Waals surface area contributed by atoms with Crippen LogP contribution in [0.15, 0.2) is 12.7 Å². The second-order valence-corrected chi connectivity index (χ2v) is 5.47. The van der Waals surface area contributed by atoms with Gasteiger partial charge in [-0.3, -0.25) is 9.36 Å². The average molecular weight is 324 g/mol. The molecule has 11 nitrogen and oxygen atoms in total. The summed E-state index contributed by atoms with van der Waals surface area (Å²) in [6.07, 6.45) is -3.67. The molecule has 0 aliphatic carbocycles. The number of anilines is 1. The fourth-order valence-corrected chi connectivity index (χ4v) is 2.70. The summed E-state index contributed by atoms with van der Waals surface area (Å²) < 4.78 is 6.91. The third-order valence-corrected chi connectivity index (χ3v) is 4.03. The van der Waals surface area contributed by atoms with E-state index in [1.165, 1.54) is 24.1 Å². The number of fused-ring (bicyclic) bond motifs is 1. The van der Waals surface area contributed by atoms with Gasteiger partial charge in [-0.05, 0) is 6.92 Å². The second kappa shape index (κ2) is 5.09. The molecule has 1 saturated heterocycles. The summed E-state index contributed by atoms with van der Waals surface area (Å²) >= 11 is 0. The molecule has 2 aromatic heterocycles. The van der Waals surface area contributed by atoms with E-state index in [4.69, 9.17) is 16.2 Å². The SMILES string of the molecule is C[C@@]1(n2cnc3c(N)ncnc32)O[C@H](C(O)C(N)=O)[C@@H](O)[C@H]1O. The van der Waals surface area contributed by atoms with Crippen molar-refractivity contribution in [3.8, 4) is 0 Å². The summed E-state index contributed by atoms with van der Waals surface area (Å²) in [6, 6.07) is 0. The molecule has 0 saturated carbocycles. The maximum Gasteiger partial charge on any atom is 0.249 e. The van der Waals surface area contributed by atoms with Gasteiger partial charge in [-0.25, -0.2) is 15.0 Å². The first-order valence-corrected chi connectivity index (χ1v) is 6.72. The largest absolute Gasteiger partial charge is 0.387 e. The third-order valence-electron chi connectivity index (χ3n) is 4.03. The number of hydrogen-bond acceptors (Lipinski definition) is 9. The maximum absolute atomic E-state index is 11.1. The lowest BCUT2D eigenvalue weighted by atomic mass is 10.0. The van der Waals surface area contributed by atoms with Crippen LogP contribution in [-0.2, 0) is 15.3 Å². The van der Waals surface area contributed by atoms with Crippen molar-refractivity contribution in [3.63, 3.8) is 0 Å². The smallest absolute Gasteiger partial charge is 0.249 e. The van der Waals surface area contributed by atoms with Crippen molar-refractivity contribution in [2.24, 2.45) is 5.73 Å². The van der Waals surface area contributed by atoms with E-state index in [9.17, 15) is 20.1 Å². The number of imidazole rings is 1. The molecule has 2 aromatic rings. The molecule has 124 valence electrons. The first kappa shape index (κ1) is 15.6. The van der Waals surface area contributed by atoms with Gasteiger partial charge in [0.1, 0.15) is 30.2 Å². The number of nitrogens with zero attached hydrogens (tertiary/aromatic N) is 4. The van der Waals surface area contributed by atoms with Crippen molar-refractivity contribution < 1.29 is 24.9 Å². The highest BCUT2D eigenvalue weighted by atomic mass is 16.6. The van der Waals surface area contributed by atoms with E-state index in [1.54, 1.807) is 0 Å². The van der Waals surface area contributed by atoms with E-state index in [1.807, 2.05) is 0 Å². The van der Waals surface area contributed by atoms with Crippen LogP contribution in [0.1, 0.15) is 6.92 Å². The van der Waals surface area contributed by atoms with E-state index in [0.29, 0.717) is 0 Å². The molecule has 1 aliphatic heterocycles. The van der Waals surface area contributed by atoms with Crippen LogP contribution < -0.4 is 11.5 Å². The standard InChI is InChI=1S/C12H16N6O5/c1-12(8(21)5(19)7(23-12)6(20)10(14)22)18-3-17-4-9(13)15-2-16-11(4)18/h2-3,5-8,19-21H,1H3,(H2,14,22)(H2,13,15,16)/t5-,6?,7+,8-,12-/m1/s1. The van der Waals surface area contributed by atoms with E-state index < -0.39 is 36.0 Å². The first-order chi connectivity index (χ1) is 10.8. The zero-order valence-corrected chi connectivity index (χ0v) is 12.1. The molecule has 1 amide bonds. The summed E-state index contributed by atoms with van der Waals surface area (Å²) in [4.78, 5) is 23.0. The van der Waals surface area contributed by atoms with E-state index in [0.717, 1.165) is 0 Å². The highest BCUT2D eigenvalue weighted by Crippen LogP contribution is 2.38. The van der Waals surface area contributed by atoms with E-state index in [2.05, 4.69) is 15.0 Å². The predicted molar refractivity (Wildman–Crippen MR) is 75.5 cm³/mol. The number of aromatic nitrogens is 4. The number of aliphatic hydroxyl groups is 3. The number of nitrogen functional groups attached to an aromatic ring is 1. The molecule has 5 atom stereocenters. The van der Waals surface area contributed by atoms with Crippen molar-refractivity contribution in [1.82, 2.24) is 19.5 Å². The van der Waals surface area contributed by atoms with Crippen LogP contribution in [0, 0.1) is 0 Å². The fourth-order valence-electron chi connectivity index (χ4n) is 2.70. The van der Waals surface area contributed by atoms with Gasteiger partial charge < -0.3 is 31.5 Å². The highest BCUT2D eigenvalue weighted by molar-refractivity contribution is 5.81. The topological polar surface area (TPSA) is 183 Å². The summed E-state index contributed by atoms with van der Waals surface area (Å²) in [6.45, 7) is 1.45. The molecule has 1 unspecified atom stereocenters. The van der Waals surface area contributed by atoms with Crippen LogP contribution in [0.25, 0.3) is 11.2 Å². The summed E-state index contributed by atoms with van der Waals surface area (Å²) in [7, 11) is 0. The van der Waals surface area contributed by atoms with Gasteiger partial charge in [0.05, 0.1) is 6.33 Å². The molecule has 3 rings (SSSR count).